The third-order valence-corrected chi connectivity index (χ3v) is 2.23. The number of pyridine rings is 1. The maximum atomic E-state index is 10.5. The molecule has 1 fully saturated rings. The summed E-state index contributed by atoms with van der Waals surface area (Å²) in [5.41, 5.74) is 1.22. The van der Waals surface area contributed by atoms with Crippen molar-refractivity contribution in [3.63, 3.8) is 0 Å². The van der Waals surface area contributed by atoms with Gasteiger partial charge in [0.25, 0.3) is 0 Å². The van der Waals surface area contributed by atoms with Gasteiger partial charge in [-0.1, -0.05) is 0 Å². The van der Waals surface area contributed by atoms with Gasteiger partial charge >= 0.3 is 5.97 Å². The van der Waals surface area contributed by atoms with Gasteiger partial charge in [-0.25, -0.2) is 4.79 Å². The Morgan fingerprint density at radius 1 is 1.54 bits per heavy atom. The molecule has 0 amide bonds. The maximum absolute atomic E-state index is 10.5. The minimum absolute atomic E-state index is 0.246. The summed E-state index contributed by atoms with van der Waals surface area (Å²) in [4.78, 5) is 14.6. The van der Waals surface area contributed by atoms with Crippen LogP contribution in [0, 0.1) is 0 Å². The Bertz CT molecular complexity index is 317. The highest BCUT2D eigenvalue weighted by atomic mass is 16.4. The second-order valence-electron chi connectivity index (χ2n) is 3.13. The van der Waals surface area contributed by atoms with Crippen molar-refractivity contribution in [3.8, 4) is 0 Å². The van der Waals surface area contributed by atoms with E-state index in [-0.39, 0.29) is 5.56 Å². The zero-order chi connectivity index (χ0) is 9.26. The van der Waals surface area contributed by atoms with Gasteiger partial charge in [-0.05, 0) is 12.1 Å². The molecule has 1 aliphatic rings. The van der Waals surface area contributed by atoms with Crippen LogP contribution in [-0.2, 0) is 0 Å². The number of nitrogens with one attached hydrogen (secondary N) is 1. The molecule has 1 saturated heterocycles. The Morgan fingerprint density at radius 2 is 2.31 bits per heavy atom. The smallest absolute Gasteiger partial charge is 0.337 e. The van der Waals surface area contributed by atoms with Crippen LogP contribution in [0.5, 0.6) is 0 Å². The molecule has 0 radical (unpaired) electrons. The highest BCUT2D eigenvalue weighted by molar-refractivity contribution is 5.87. The molecule has 0 aromatic carbocycles. The van der Waals surface area contributed by atoms with Crippen molar-refractivity contribution in [2.75, 3.05) is 13.1 Å². The lowest BCUT2D eigenvalue weighted by molar-refractivity contribution is 0.0696. The summed E-state index contributed by atoms with van der Waals surface area (Å²) in [6.45, 7) is 1.89. The fourth-order valence-electron chi connectivity index (χ4n) is 1.27. The molecule has 2 rings (SSSR count). The summed E-state index contributed by atoms with van der Waals surface area (Å²) in [5.74, 6) is -0.464. The van der Waals surface area contributed by atoms with Gasteiger partial charge in [-0.3, -0.25) is 4.98 Å². The summed E-state index contributed by atoms with van der Waals surface area (Å²) < 4.78 is 0. The van der Waals surface area contributed by atoms with Crippen molar-refractivity contribution >= 4 is 5.97 Å². The van der Waals surface area contributed by atoms with E-state index in [1.165, 1.54) is 6.20 Å². The van der Waals surface area contributed by atoms with Crippen molar-refractivity contribution in [2.24, 2.45) is 0 Å². The van der Waals surface area contributed by atoms with Crippen LogP contribution < -0.4 is 5.32 Å². The normalized spacial score (nSPS) is 16.6. The van der Waals surface area contributed by atoms with E-state index < -0.39 is 5.97 Å². The van der Waals surface area contributed by atoms with Crippen LogP contribution in [0.1, 0.15) is 22.0 Å². The summed E-state index contributed by atoms with van der Waals surface area (Å²) in [6.07, 6.45) is 1.41. The molecular weight excluding hydrogens is 168 g/mol. The zero-order valence-corrected chi connectivity index (χ0v) is 7.03. The van der Waals surface area contributed by atoms with Gasteiger partial charge in [0.1, 0.15) is 0 Å². The number of nitrogens with zero attached hydrogens (tertiary/aromatic N) is 1. The Kier molecular flexibility index (Phi) is 1.98. The monoisotopic (exact) mass is 178 g/mol. The lowest BCUT2D eigenvalue weighted by Crippen LogP contribution is -2.40. The van der Waals surface area contributed by atoms with Crippen molar-refractivity contribution in [1.82, 2.24) is 10.3 Å². The number of aromatic nitrogens is 1. The number of carbonyl (C=O) groups is 1. The number of carboxylic acids is 1. The van der Waals surface area contributed by atoms with Gasteiger partial charge < -0.3 is 10.4 Å². The highest BCUT2D eigenvalue weighted by Gasteiger charge is 2.19. The van der Waals surface area contributed by atoms with E-state index in [0.717, 1.165) is 18.8 Å². The van der Waals surface area contributed by atoms with E-state index in [4.69, 9.17) is 5.11 Å². The summed E-state index contributed by atoms with van der Waals surface area (Å²) in [5, 5.41) is 11.8. The second-order valence-corrected chi connectivity index (χ2v) is 3.13. The minimum Gasteiger partial charge on any atom is -0.478 e. The van der Waals surface area contributed by atoms with Crippen LogP contribution >= 0.6 is 0 Å². The quantitative estimate of drug-likeness (QED) is 0.691. The molecule has 0 bridgehead atoms. The standard InChI is InChI=1S/C9H10N2O2/c12-9(13)6-1-2-8(11-5-6)7-3-10-4-7/h1-2,5,7,10H,3-4H2,(H,12,13). The minimum atomic E-state index is -0.925. The van der Waals surface area contributed by atoms with Crippen LogP contribution in [0.4, 0.5) is 0 Å². The molecule has 1 aromatic rings. The Hall–Kier alpha value is -1.42. The molecular formula is C9H10N2O2. The number of aromatic carboxylic acids is 1. The summed E-state index contributed by atoms with van der Waals surface area (Å²) in [7, 11) is 0. The lowest BCUT2D eigenvalue weighted by atomic mass is 9.98. The van der Waals surface area contributed by atoms with E-state index >= 15 is 0 Å². The zero-order valence-electron chi connectivity index (χ0n) is 7.03. The van der Waals surface area contributed by atoms with Gasteiger partial charge in [0.15, 0.2) is 0 Å². The van der Waals surface area contributed by atoms with Gasteiger partial charge in [0, 0.05) is 30.9 Å². The third-order valence-electron chi connectivity index (χ3n) is 2.23. The maximum Gasteiger partial charge on any atom is 0.337 e. The number of hydrogen-bond acceptors (Lipinski definition) is 3. The van der Waals surface area contributed by atoms with E-state index in [2.05, 4.69) is 10.3 Å². The molecule has 0 saturated carbocycles. The van der Waals surface area contributed by atoms with Gasteiger partial charge in [0.05, 0.1) is 5.56 Å². The average molecular weight is 178 g/mol. The first kappa shape index (κ1) is 8.19. The average Bonchev–Trinajstić information content (AvgIpc) is 2.02. The lowest BCUT2D eigenvalue weighted by Gasteiger charge is -2.26. The first-order chi connectivity index (χ1) is 6.27. The van der Waals surface area contributed by atoms with E-state index in [9.17, 15) is 4.79 Å². The van der Waals surface area contributed by atoms with Crippen molar-refractivity contribution in [3.05, 3.63) is 29.6 Å². The summed E-state index contributed by atoms with van der Waals surface area (Å²) >= 11 is 0. The molecule has 1 aliphatic heterocycles. The second kappa shape index (κ2) is 3.14. The fraction of sp³-hybridized carbons (Fsp3) is 0.333. The van der Waals surface area contributed by atoms with Crippen molar-refractivity contribution in [2.45, 2.75) is 5.92 Å². The van der Waals surface area contributed by atoms with Crippen LogP contribution in [0.25, 0.3) is 0 Å². The topological polar surface area (TPSA) is 62.2 Å². The van der Waals surface area contributed by atoms with Gasteiger partial charge in [0.2, 0.25) is 0 Å². The van der Waals surface area contributed by atoms with E-state index in [1.54, 1.807) is 12.1 Å². The fourth-order valence-corrected chi connectivity index (χ4v) is 1.27. The van der Waals surface area contributed by atoms with Crippen LogP contribution in [-0.4, -0.2) is 29.1 Å². The van der Waals surface area contributed by atoms with E-state index in [0.29, 0.717) is 5.92 Å². The van der Waals surface area contributed by atoms with Crippen LogP contribution in [0.2, 0.25) is 0 Å². The SMILES string of the molecule is O=C(O)c1ccc(C2CNC2)nc1. The molecule has 0 atom stereocenters. The number of rotatable bonds is 2. The molecule has 0 aliphatic carbocycles. The van der Waals surface area contributed by atoms with Gasteiger partial charge in [-0.15, -0.1) is 0 Å². The molecule has 68 valence electrons. The van der Waals surface area contributed by atoms with Crippen molar-refractivity contribution in [1.29, 1.82) is 0 Å². The van der Waals surface area contributed by atoms with Gasteiger partial charge in [-0.2, -0.15) is 0 Å². The highest BCUT2D eigenvalue weighted by Crippen LogP contribution is 2.17. The van der Waals surface area contributed by atoms with Crippen molar-refractivity contribution < 1.29 is 9.90 Å². The molecule has 4 nitrogen and oxygen atoms in total. The molecule has 2 N–H and O–H groups in total. The predicted molar refractivity (Wildman–Crippen MR) is 46.8 cm³/mol. The number of carboxylic acid groups (broad SMARTS) is 1. The predicted octanol–water partition coefficient (Wildman–Crippen LogP) is 0.467. The third kappa shape index (κ3) is 1.53. The van der Waals surface area contributed by atoms with Crippen LogP contribution in [0.15, 0.2) is 18.3 Å². The Morgan fingerprint density at radius 3 is 2.69 bits per heavy atom. The van der Waals surface area contributed by atoms with E-state index in [1.807, 2.05) is 0 Å². The largest absolute Gasteiger partial charge is 0.478 e. The molecule has 1 aromatic heterocycles. The first-order valence-corrected chi connectivity index (χ1v) is 4.17. The molecule has 0 spiro atoms. The van der Waals surface area contributed by atoms with Crippen LogP contribution in [0.3, 0.4) is 0 Å². The Balaban J connectivity index is 2.17. The Labute approximate surface area is 75.6 Å². The molecule has 4 heteroatoms. The summed E-state index contributed by atoms with van der Waals surface area (Å²) in [6, 6.07) is 3.39. The number of hydrogen-bond donors (Lipinski definition) is 2. The molecule has 0 unspecified atom stereocenters. The molecule has 2 heterocycles. The first-order valence-electron chi connectivity index (χ1n) is 4.17. The molecule has 13 heavy (non-hydrogen) atoms.